The first kappa shape index (κ1) is 22.7. The Morgan fingerprint density at radius 2 is 1.71 bits per heavy atom. The van der Waals surface area contributed by atoms with Crippen molar-refractivity contribution in [1.29, 1.82) is 0 Å². The Morgan fingerprint density at radius 1 is 1.03 bits per heavy atom. The molecule has 0 aliphatic rings. The fourth-order valence-electron chi connectivity index (χ4n) is 2.61. The smallest absolute Gasteiger partial charge is 0.338 e. The monoisotopic (exact) mass is 454 g/mol. The van der Waals surface area contributed by atoms with Crippen molar-refractivity contribution in [3.63, 3.8) is 0 Å². The number of amides is 1. The number of carbonyl (C=O) groups excluding carboxylic acids is 3. The number of rotatable bonds is 9. The highest BCUT2D eigenvalue weighted by Gasteiger charge is 2.12. The van der Waals surface area contributed by atoms with Crippen LogP contribution in [0.25, 0.3) is 0 Å². The van der Waals surface area contributed by atoms with Crippen LogP contribution in [0.2, 0.25) is 0 Å². The van der Waals surface area contributed by atoms with Crippen molar-refractivity contribution < 1.29 is 19.1 Å². The topological polar surface area (TPSA) is 85.4 Å². The number of nitrogens with one attached hydrogen (secondary N) is 1. The Kier molecular flexibility index (Phi) is 7.97. The van der Waals surface area contributed by atoms with Gasteiger partial charge in [0.2, 0.25) is 5.91 Å². The zero-order valence-corrected chi connectivity index (χ0v) is 18.8. The molecule has 0 aliphatic heterocycles. The third-order valence-corrected chi connectivity index (χ3v) is 6.16. The van der Waals surface area contributed by atoms with Crippen LogP contribution in [0.5, 0.6) is 0 Å². The summed E-state index contributed by atoms with van der Waals surface area (Å²) in [6.07, 6.45) is 0.377. The molecule has 8 heteroatoms. The minimum atomic E-state index is -0.549. The number of hydrogen-bond acceptors (Lipinski definition) is 7. The maximum Gasteiger partial charge on any atom is 0.338 e. The van der Waals surface area contributed by atoms with E-state index in [1.165, 1.54) is 0 Å². The zero-order valence-electron chi connectivity index (χ0n) is 17.2. The lowest BCUT2D eigenvalue weighted by atomic mass is 10.1. The second-order valence-electron chi connectivity index (χ2n) is 6.65. The van der Waals surface area contributed by atoms with Gasteiger partial charge in [-0.25, -0.2) is 9.78 Å². The summed E-state index contributed by atoms with van der Waals surface area (Å²) < 4.78 is 5.15. The highest BCUT2D eigenvalue weighted by atomic mass is 32.2. The number of nitrogens with zero attached hydrogens (tertiary/aromatic N) is 1. The van der Waals surface area contributed by atoms with Crippen molar-refractivity contribution >= 4 is 46.4 Å². The van der Waals surface area contributed by atoms with Crippen molar-refractivity contribution in [2.45, 2.75) is 30.9 Å². The van der Waals surface area contributed by atoms with Gasteiger partial charge in [-0.1, -0.05) is 6.92 Å². The molecule has 1 amide bonds. The average Bonchev–Trinajstić information content (AvgIpc) is 3.21. The van der Waals surface area contributed by atoms with Crippen LogP contribution < -0.4 is 5.32 Å². The normalized spacial score (nSPS) is 10.5. The number of Topliss-reactive ketones (excluding diaryl/α,β-unsaturated/α-hetero) is 1. The molecular formula is C23H22N2O4S2. The molecule has 2 aromatic carbocycles. The first-order valence-electron chi connectivity index (χ1n) is 9.68. The minimum Gasteiger partial charge on any atom is -0.454 e. The van der Waals surface area contributed by atoms with E-state index in [1.807, 2.05) is 24.4 Å². The lowest BCUT2D eigenvalue weighted by Crippen LogP contribution is -2.14. The number of thiazole rings is 1. The van der Waals surface area contributed by atoms with E-state index in [-0.39, 0.29) is 18.3 Å². The summed E-state index contributed by atoms with van der Waals surface area (Å²) in [6.45, 7) is 3.39. The van der Waals surface area contributed by atoms with E-state index in [9.17, 15) is 14.4 Å². The van der Waals surface area contributed by atoms with E-state index >= 15 is 0 Å². The highest BCUT2D eigenvalue weighted by molar-refractivity contribution is 7.98. The van der Waals surface area contributed by atoms with Gasteiger partial charge in [-0.2, -0.15) is 0 Å². The zero-order chi connectivity index (χ0) is 22.2. The fourth-order valence-corrected chi connectivity index (χ4v) is 4.11. The van der Waals surface area contributed by atoms with Crippen LogP contribution in [0.4, 0.5) is 5.69 Å². The summed E-state index contributed by atoms with van der Waals surface area (Å²) in [5.41, 5.74) is 2.45. The first-order chi connectivity index (χ1) is 14.9. The van der Waals surface area contributed by atoms with Gasteiger partial charge in [0.25, 0.3) is 0 Å². The molecule has 0 bridgehead atoms. The molecule has 0 atom stereocenters. The molecule has 0 unspecified atom stereocenters. The van der Waals surface area contributed by atoms with Gasteiger partial charge in [0, 0.05) is 33.7 Å². The van der Waals surface area contributed by atoms with Crippen LogP contribution in [0.15, 0.2) is 58.8 Å². The van der Waals surface area contributed by atoms with Crippen LogP contribution in [-0.4, -0.2) is 29.3 Å². The van der Waals surface area contributed by atoms with E-state index in [1.54, 1.807) is 66.4 Å². The molecule has 1 heterocycles. The molecule has 0 spiro atoms. The van der Waals surface area contributed by atoms with Gasteiger partial charge >= 0.3 is 5.97 Å². The maximum absolute atomic E-state index is 12.3. The summed E-state index contributed by atoms with van der Waals surface area (Å²) in [5, 5.41) is 5.80. The summed E-state index contributed by atoms with van der Waals surface area (Å²) in [4.78, 5) is 41.4. The van der Waals surface area contributed by atoms with E-state index in [2.05, 4.69) is 10.3 Å². The molecule has 31 heavy (non-hydrogen) atoms. The number of aryl methyl sites for hydroxylation is 1. The molecule has 0 radical (unpaired) electrons. The molecule has 6 nitrogen and oxygen atoms in total. The molecule has 0 fully saturated rings. The van der Waals surface area contributed by atoms with Crippen LogP contribution in [0, 0.1) is 6.92 Å². The Hall–Kier alpha value is -2.97. The SMILES string of the molecule is CCC(=O)Nc1ccc(C(=O)COC(=O)c2ccc(SCc3csc(C)n3)cc2)cc1. The molecule has 0 saturated carbocycles. The molecule has 1 N–H and O–H groups in total. The number of aromatic nitrogens is 1. The maximum atomic E-state index is 12.3. The quantitative estimate of drug-likeness (QED) is 0.274. The fraction of sp³-hybridized carbons (Fsp3) is 0.217. The lowest BCUT2D eigenvalue weighted by Gasteiger charge is -2.07. The molecule has 1 aromatic heterocycles. The number of hydrogen-bond donors (Lipinski definition) is 1. The van der Waals surface area contributed by atoms with E-state index in [4.69, 9.17) is 4.74 Å². The molecule has 160 valence electrons. The number of ether oxygens (including phenoxy) is 1. The van der Waals surface area contributed by atoms with Gasteiger partial charge in [0.15, 0.2) is 12.4 Å². The van der Waals surface area contributed by atoms with Crippen molar-refractivity contribution in [2.24, 2.45) is 0 Å². The number of carbonyl (C=O) groups is 3. The second-order valence-corrected chi connectivity index (χ2v) is 8.76. The van der Waals surface area contributed by atoms with Gasteiger partial charge in [0.05, 0.1) is 16.3 Å². The number of thioether (sulfide) groups is 1. The largest absolute Gasteiger partial charge is 0.454 e. The van der Waals surface area contributed by atoms with Crippen LogP contribution in [-0.2, 0) is 15.3 Å². The van der Waals surface area contributed by atoms with Crippen molar-refractivity contribution in [2.75, 3.05) is 11.9 Å². The molecule has 0 aliphatic carbocycles. The second kappa shape index (κ2) is 10.9. The lowest BCUT2D eigenvalue weighted by molar-refractivity contribution is -0.115. The minimum absolute atomic E-state index is 0.101. The Bertz CT molecular complexity index is 1060. The van der Waals surface area contributed by atoms with Crippen molar-refractivity contribution in [3.8, 4) is 0 Å². The summed E-state index contributed by atoms with van der Waals surface area (Å²) in [7, 11) is 0. The summed E-state index contributed by atoms with van der Waals surface area (Å²) in [6, 6.07) is 13.6. The predicted molar refractivity (Wildman–Crippen MR) is 123 cm³/mol. The predicted octanol–water partition coefficient (Wildman–Crippen LogP) is 5.13. The molecule has 3 rings (SSSR count). The van der Waals surface area contributed by atoms with Gasteiger partial charge in [-0.3, -0.25) is 9.59 Å². The summed E-state index contributed by atoms with van der Waals surface area (Å²) >= 11 is 3.27. The Labute approximate surface area is 189 Å². The van der Waals surface area contributed by atoms with Gasteiger partial charge in [-0.15, -0.1) is 23.1 Å². The van der Waals surface area contributed by atoms with Crippen LogP contribution in [0.3, 0.4) is 0 Å². The average molecular weight is 455 g/mol. The third-order valence-electron chi connectivity index (χ3n) is 4.29. The number of benzene rings is 2. The number of esters is 1. The first-order valence-corrected chi connectivity index (χ1v) is 11.5. The summed E-state index contributed by atoms with van der Waals surface area (Å²) in [5.74, 6) is -0.196. The Balaban J connectivity index is 1.48. The molecule has 0 saturated heterocycles. The molecular weight excluding hydrogens is 432 g/mol. The van der Waals surface area contributed by atoms with Gasteiger partial charge in [-0.05, 0) is 55.5 Å². The standard InChI is InChI=1S/C23H22N2O4S2/c1-3-22(27)25-18-8-4-16(5-9-18)21(26)12-29-23(28)17-6-10-20(11-7-17)31-14-19-13-30-15(2)24-19/h4-11,13H,3,12,14H2,1-2H3,(H,25,27). The van der Waals surface area contributed by atoms with E-state index in [0.29, 0.717) is 23.2 Å². The van der Waals surface area contributed by atoms with E-state index in [0.717, 1.165) is 21.3 Å². The van der Waals surface area contributed by atoms with Gasteiger partial charge in [0.1, 0.15) is 0 Å². The van der Waals surface area contributed by atoms with E-state index < -0.39 is 5.97 Å². The van der Waals surface area contributed by atoms with Crippen molar-refractivity contribution in [3.05, 3.63) is 75.7 Å². The third kappa shape index (κ3) is 6.77. The molecule has 3 aromatic rings. The highest BCUT2D eigenvalue weighted by Crippen LogP contribution is 2.24. The van der Waals surface area contributed by atoms with Gasteiger partial charge < -0.3 is 10.1 Å². The van der Waals surface area contributed by atoms with Crippen LogP contribution >= 0.6 is 23.1 Å². The number of anilines is 1. The van der Waals surface area contributed by atoms with Crippen molar-refractivity contribution in [1.82, 2.24) is 4.98 Å². The Morgan fingerprint density at radius 3 is 2.32 bits per heavy atom. The van der Waals surface area contributed by atoms with Crippen LogP contribution in [0.1, 0.15) is 44.8 Å². The number of ketones is 1.